The van der Waals surface area contributed by atoms with Gasteiger partial charge in [0.2, 0.25) is 0 Å². The Kier molecular flexibility index (Phi) is 5.20. The van der Waals surface area contributed by atoms with Crippen LogP contribution >= 0.6 is 11.8 Å². The summed E-state index contributed by atoms with van der Waals surface area (Å²) in [5, 5.41) is 13.3. The quantitative estimate of drug-likeness (QED) is 0.831. The van der Waals surface area contributed by atoms with Crippen LogP contribution in [0.1, 0.15) is 31.3 Å². The Labute approximate surface area is 125 Å². The highest BCUT2D eigenvalue weighted by molar-refractivity contribution is 7.99. The average molecular weight is 290 g/mol. The van der Waals surface area contributed by atoms with Crippen molar-refractivity contribution >= 4 is 11.8 Å². The zero-order valence-electron chi connectivity index (χ0n) is 12.5. The van der Waals surface area contributed by atoms with Gasteiger partial charge in [0, 0.05) is 18.3 Å². The molecule has 2 unspecified atom stereocenters. The molecule has 0 radical (unpaired) electrons. The molecule has 0 bridgehead atoms. The van der Waals surface area contributed by atoms with Gasteiger partial charge in [-0.3, -0.25) is 0 Å². The van der Waals surface area contributed by atoms with Gasteiger partial charge in [0.15, 0.2) is 5.16 Å². The van der Waals surface area contributed by atoms with Gasteiger partial charge < -0.3 is 9.88 Å². The molecule has 2 aromatic rings. The molecule has 0 aliphatic heterocycles. The first-order valence-electron chi connectivity index (χ1n) is 6.94. The first-order chi connectivity index (χ1) is 9.63. The molecule has 20 heavy (non-hydrogen) atoms. The van der Waals surface area contributed by atoms with Crippen LogP contribution in [0.5, 0.6) is 0 Å². The van der Waals surface area contributed by atoms with Crippen molar-refractivity contribution < 1.29 is 0 Å². The maximum Gasteiger partial charge on any atom is 0.191 e. The van der Waals surface area contributed by atoms with Gasteiger partial charge in [-0.1, -0.05) is 55.9 Å². The van der Waals surface area contributed by atoms with E-state index in [-0.39, 0.29) is 0 Å². The van der Waals surface area contributed by atoms with E-state index in [1.165, 1.54) is 5.56 Å². The molecule has 5 heteroatoms. The van der Waals surface area contributed by atoms with Crippen molar-refractivity contribution in [3.63, 3.8) is 0 Å². The molecule has 0 fully saturated rings. The van der Waals surface area contributed by atoms with Gasteiger partial charge in [-0.15, -0.1) is 10.2 Å². The standard InChI is InChI=1S/C15H22N4S/c1-5-16-14(13-9-7-6-8-10-13)11(2)20-15-18-17-12(3)19(15)4/h6-11,14,16H,5H2,1-4H3. The number of hydrogen-bond donors (Lipinski definition) is 1. The lowest BCUT2D eigenvalue weighted by Crippen LogP contribution is -2.28. The molecule has 1 aromatic carbocycles. The van der Waals surface area contributed by atoms with Gasteiger partial charge in [-0.2, -0.15) is 0 Å². The summed E-state index contributed by atoms with van der Waals surface area (Å²) in [5.41, 5.74) is 1.31. The Hall–Kier alpha value is -1.33. The van der Waals surface area contributed by atoms with Gasteiger partial charge in [0.05, 0.1) is 0 Å². The smallest absolute Gasteiger partial charge is 0.191 e. The molecule has 0 aliphatic rings. The number of nitrogens with zero attached hydrogens (tertiary/aromatic N) is 3. The minimum atomic E-state index is 0.309. The first-order valence-corrected chi connectivity index (χ1v) is 7.82. The molecule has 0 saturated carbocycles. The van der Waals surface area contributed by atoms with E-state index in [0.717, 1.165) is 17.5 Å². The highest BCUT2D eigenvalue weighted by Gasteiger charge is 2.21. The zero-order valence-corrected chi connectivity index (χ0v) is 13.3. The van der Waals surface area contributed by atoms with Crippen LogP contribution in [0.25, 0.3) is 0 Å². The van der Waals surface area contributed by atoms with Crippen molar-refractivity contribution in [3.05, 3.63) is 41.7 Å². The molecule has 0 aliphatic carbocycles. The predicted molar refractivity (Wildman–Crippen MR) is 83.9 cm³/mol. The number of thioether (sulfide) groups is 1. The maximum absolute atomic E-state index is 4.24. The van der Waals surface area contributed by atoms with Crippen molar-refractivity contribution in [1.29, 1.82) is 0 Å². The summed E-state index contributed by atoms with van der Waals surface area (Å²) in [6.45, 7) is 7.29. The van der Waals surface area contributed by atoms with E-state index >= 15 is 0 Å². The topological polar surface area (TPSA) is 42.7 Å². The lowest BCUT2D eigenvalue weighted by Gasteiger charge is -2.24. The van der Waals surface area contributed by atoms with Crippen molar-refractivity contribution in [3.8, 4) is 0 Å². The van der Waals surface area contributed by atoms with Crippen LogP contribution in [-0.2, 0) is 7.05 Å². The number of nitrogens with one attached hydrogen (secondary N) is 1. The second-order valence-corrected chi connectivity index (χ2v) is 6.20. The summed E-state index contributed by atoms with van der Waals surface area (Å²) < 4.78 is 2.04. The number of aromatic nitrogens is 3. The lowest BCUT2D eigenvalue weighted by atomic mass is 10.0. The fourth-order valence-electron chi connectivity index (χ4n) is 2.16. The SMILES string of the molecule is CCNC(c1ccccc1)C(C)Sc1nnc(C)n1C. The van der Waals surface area contributed by atoms with Crippen LogP contribution in [0.2, 0.25) is 0 Å². The fraction of sp³-hybridized carbons (Fsp3) is 0.467. The van der Waals surface area contributed by atoms with E-state index in [2.05, 4.69) is 59.7 Å². The number of hydrogen-bond acceptors (Lipinski definition) is 4. The second-order valence-electron chi connectivity index (χ2n) is 4.86. The van der Waals surface area contributed by atoms with Crippen LogP contribution in [-0.4, -0.2) is 26.6 Å². The minimum absolute atomic E-state index is 0.309. The second kappa shape index (κ2) is 6.90. The normalized spacial score (nSPS) is 14.2. The Bertz CT molecular complexity index is 538. The summed E-state index contributed by atoms with van der Waals surface area (Å²) in [5.74, 6) is 0.944. The number of aryl methyl sites for hydroxylation is 1. The molecule has 2 rings (SSSR count). The Morgan fingerprint density at radius 3 is 2.50 bits per heavy atom. The van der Waals surface area contributed by atoms with Gasteiger partial charge in [-0.25, -0.2) is 0 Å². The van der Waals surface area contributed by atoms with Crippen LogP contribution < -0.4 is 5.32 Å². The Morgan fingerprint density at radius 2 is 1.95 bits per heavy atom. The third-order valence-corrected chi connectivity index (χ3v) is 4.61. The van der Waals surface area contributed by atoms with Crippen molar-refractivity contribution in [2.75, 3.05) is 6.54 Å². The third kappa shape index (κ3) is 3.41. The Morgan fingerprint density at radius 1 is 1.25 bits per heavy atom. The van der Waals surface area contributed by atoms with Gasteiger partial charge in [0.1, 0.15) is 5.82 Å². The molecule has 4 nitrogen and oxygen atoms in total. The van der Waals surface area contributed by atoms with E-state index in [1.54, 1.807) is 11.8 Å². The summed E-state index contributed by atoms with van der Waals surface area (Å²) >= 11 is 1.76. The van der Waals surface area contributed by atoms with Crippen LogP contribution in [0.15, 0.2) is 35.5 Å². The molecule has 0 spiro atoms. The van der Waals surface area contributed by atoms with Crippen LogP contribution in [0.3, 0.4) is 0 Å². The van der Waals surface area contributed by atoms with Gasteiger partial charge >= 0.3 is 0 Å². The summed E-state index contributed by atoms with van der Waals surface area (Å²) in [6, 6.07) is 10.9. The van der Waals surface area contributed by atoms with E-state index < -0.39 is 0 Å². The molecule has 108 valence electrons. The highest BCUT2D eigenvalue weighted by atomic mass is 32.2. The number of benzene rings is 1. The van der Waals surface area contributed by atoms with Crippen molar-refractivity contribution in [2.45, 2.75) is 37.2 Å². The maximum atomic E-state index is 4.24. The van der Waals surface area contributed by atoms with E-state index in [0.29, 0.717) is 11.3 Å². The van der Waals surface area contributed by atoms with Crippen molar-refractivity contribution in [2.24, 2.45) is 7.05 Å². The molecular formula is C15H22N4S. The van der Waals surface area contributed by atoms with Crippen LogP contribution in [0, 0.1) is 6.92 Å². The van der Waals surface area contributed by atoms with Gasteiger partial charge in [-0.05, 0) is 19.0 Å². The molecule has 1 heterocycles. The average Bonchev–Trinajstić information content (AvgIpc) is 2.77. The Balaban J connectivity index is 2.15. The lowest BCUT2D eigenvalue weighted by molar-refractivity contribution is 0.546. The first kappa shape index (κ1) is 15.1. The molecule has 2 atom stereocenters. The number of rotatable bonds is 6. The third-order valence-electron chi connectivity index (χ3n) is 3.40. The summed E-state index contributed by atoms with van der Waals surface area (Å²) in [4.78, 5) is 0. The van der Waals surface area contributed by atoms with E-state index in [1.807, 2.05) is 18.5 Å². The van der Waals surface area contributed by atoms with Gasteiger partial charge in [0.25, 0.3) is 0 Å². The molecule has 1 N–H and O–H groups in total. The van der Waals surface area contributed by atoms with E-state index in [4.69, 9.17) is 0 Å². The predicted octanol–water partition coefficient (Wildman–Crippen LogP) is 2.95. The largest absolute Gasteiger partial charge is 0.309 e. The highest BCUT2D eigenvalue weighted by Crippen LogP contribution is 2.30. The minimum Gasteiger partial charge on any atom is -0.309 e. The van der Waals surface area contributed by atoms with E-state index in [9.17, 15) is 0 Å². The molecule has 0 saturated heterocycles. The van der Waals surface area contributed by atoms with Crippen LogP contribution in [0.4, 0.5) is 0 Å². The zero-order chi connectivity index (χ0) is 14.5. The van der Waals surface area contributed by atoms with Crippen molar-refractivity contribution in [1.82, 2.24) is 20.1 Å². The molecule has 0 amide bonds. The summed E-state index contributed by atoms with van der Waals surface area (Å²) in [6.07, 6.45) is 0. The molecule has 1 aromatic heterocycles. The fourth-order valence-corrected chi connectivity index (χ4v) is 3.26. The monoisotopic (exact) mass is 290 g/mol. The molecular weight excluding hydrogens is 268 g/mol. The summed E-state index contributed by atoms with van der Waals surface area (Å²) in [7, 11) is 2.01.